The third-order valence-electron chi connectivity index (χ3n) is 3.59. The van der Waals surface area contributed by atoms with Crippen molar-refractivity contribution >= 4 is 0 Å². The molecule has 0 heterocycles. The first kappa shape index (κ1) is 18.6. The zero-order chi connectivity index (χ0) is 17.3. The Labute approximate surface area is 124 Å². The lowest BCUT2D eigenvalue weighted by atomic mass is 9.88. The molecule has 1 aromatic rings. The van der Waals surface area contributed by atoms with Crippen LogP contribution in [0.3, 0.4) is 0 Å². The van der Waals surface area contributed by atoms with E-state index >= 15 is 0 Å². The molecule has 0 aliphatic heterocycles. The molecule has 0 saturated heterocycles. The normalized spacial score (nSPS) is 15.5. The molecule has 126 valence electrons. The lowest BCUT2D eigenvalue weighted by Gasteiger charge is -2.26. The van der Waals surface area contributed by atoms with Crippen LogP contribution in [0.1, 0.15) is 43.0 Å². The van der Waals surface area contributed by atoms with Gasteiger partial charge in [0.05, 0.1) is 18.2 Å². The SMILES string of the molecule is CCC(C)[C@H](N)c1c(OC)cc(C(F)(F)F)cc1C(F)(F)F. The van der Waals surface area contributed by atoms with Gasteiger partial charge in [0, 0.05) is 11.6 Å². The van der Waals surface area contributed by atoms with Crippen molar-refractivity contribution in [3.05, 3.63) is 28.8 Å². The van der Waals surface area contributed by atoms with Gasteiger partial charge in [-0.1, -0.05) is 20.3 Å². The van der Waals surface area contributed by atoms with Crippen LogP contribution in [0.5, 0.6) is 5.75 Å². The summed E-state index contributed by atoms with van der Waals surface area (Å²) >= 11 is 0. The first-order valence-electron chi connectivity index (χ1n) is 6.55. The predicted molar refractivity (Wildman–Crippen MR) is 69.4 cm³/mol. The number of methoxy groups -OCH3 is 1. The maximum Gasteiger partial charge on any atom is 0.416 e. The summed E-state index contributed by atoms with van der Waals surface area (Å²) in [5.74, 6) is -0.860. The van der Waals surface area contributed by atoms with Crippen LogP contribution in [0, 0.1) is 5.92 Å². The molecular formula is C14H17F6NO. The van der Waals surface area contributed by atoms with E-state index in [1.165, 1.54) is 0 Å². The molecular weight excluding hydrogens is 312 g/mol. The van der Waals surface area contributed by atoms with Gasteiger partial charge in [0.25, 0.3) is 0 Å². The third kappa shape index (κ3) is 3.85. The zero-order valence-electron chi connectivity index (χ0n) is 12.3. The van der Waals surface area contributed by atoms with Gasteiger partial charge in [-0.3, -0.25) is 0 Å². The van der Waals surface area contributed by atoms with Crippen LogP contribution in [-0.4, -0.2) is 7.11 Å². The summed E-state index contributed by atoms with van der Waals surface area (Å²) in [6, 6.07) is -0.453. The second kappa shape index (κ2) is 6.36. The van der Waals surface area contributed by atoms with Gasteiger partial charge in [-0.15, -0.1) is 0 Å². The number of hydrogen-bond donors (Lipinski definition) is 1. The quantitative estimate of drug-likeness (QED) is 0.807. The van der Waals surface area contributed by atoms with Crippen molar-refractivity contribution in [2.24, 2.45) is 11.7 Å². The summed E-state index contributed by atoms with van der Waals surface area (Å²) in [7, 11) is 1.02. The number of hydrogen-bond acceptors (Lipinski definition) is 2. The Morgan fingerprint density at radius 2 is 1.64 bits per heavy atom. The molecule has 0 spiro atoms. The maximum atomic E-state index is 13.2. The molecule has 0 amide bonds. The highest BCUT2D eigenvalue weighted by atomic mass is 19.4. The predicted octanol–water partition coefficient (Wildman–Crippen LogP) is 4.78. The van der Waals surface area contributed by atoms with Gasteiger partial charge in [-0.2, -0.15) is 26.3 Å². The van der Waals surface area contributed by atoms with Crippen LogP contribution < -0.4 is 10.5 Å². The second-order valence-corrected chi connectivity index (χ2v) is 5.05. The van der Waals surface area contributed by atoms with Crippen molar-refractivity contribution in [2.75, 3.05) is 7.11 Å². The minimum absolute atomic E-state index is 0.0834. The molecule has 8 heteroatoms. The summed E-state index contributed by atoms with van der Waals surface area (Å²) in [5.41, 5.74) is 2.54. The molecule has 2 N–H and O–H groups in total. The monoisotopic (exact) mass is 329 g/mol. The lowest BCUT2D eigenvalue weighted by molar-refractivity contribution is -0.143. The zero-order valence-corrected chi connectivity index (χ0v) is 12.3. The Morgan fingerprint density at radius 1 is 1.09 bits per heavy atom. The highest BCUT2D eigenvalue weighted by molar-refractivity contribution is 5.48. The van der Waals surface area contributed by atoms with Crippen molar-refractivity contribution < 1.29 is 31.1 Å². The van der Waals surface area contributed by atoms with Gasteiger partial charge in [0.15, 0.2) is 0 Å². The van der Waals surface area contributed by atoms with Gasteiger partial charge in [-0.25, -0.2) is 0 Å². The van der Waals surface area contributed by atoms with E-state index in [4.69, 9.17) is 10.5 Å². The molecule has 0 saturated carbocycles. The van der Waals surface area contributed by atoms with Gasteiger partial charge < -0.3 is 10.5 Å². The van der Waals surface area contributed by atoms with Crippen LogP contribution in [0.15, 0.2) is 12.1 Å². The first-order chi connectivity index (χ1) is 9.93. The molecule has 1 rings (SSSR count). The van der Waals surface area contributed by atoms with Crippen molar-refractivity contribution in [1.82, 2.24) is 0 Å². The Balaban J connectivity index is 3.66. The number of benzene rings is 1. The minimum atomic E-state index is -4.96. The highest BCUT2D eigenvalue weighted by Gasteiger charge is 2.41. The van der Waals surface area contributed by atoms with Gasteiger partial charge in [0.1, 0.15) is 5.75 Å². The summed E-state index contributed by atoms with van der Waals surface area (Å²) in [6.07, 6.45) is -9.40. The fraction of sp³-hybridized carbons (Fsp3) is 0.571. The van der Waals surface area contributed by atoms with E-state index in [1.807, 2.05) is 0 Å². The van der Waals surface area contributed by atoms with Gasteiger partial charge in [-0.05, 0) is 18.1 Å². The topological polar surface area (TPSA) is 35.2 Å². The van der Waals surface area contributed by atoms with Crippen molar-refractivity contribution in [3.63, 3.8) is 0 Å². The summed E-state index contributed by atoms with van der Waals surface area (Å²) < 4.78 is 82.6. The maximum absolute atomic E-state index is 13.2. The Hall–Kier alpha value is -1.44. The molecule has 0 aliphatic carbocycles. The van der Waals surface area contributed by atoms with Crippen molar-refractivity contribution in [2.45, 2.75) is 38.7 Å². The van der Waals surface area contributed by atoms with E-state index in [2.05, 4.69) is 0 Å². The molecule has 22 heavy (non-hydrogen) atoms. The molecule has 2 atom stereocenters. The fourth-order valence-corrected chi connectivity index (χ4v) is 2.08. The average Bonchev–Trinajstić information content (AvgIpc) is 2.42. The van der Waals surface area contributed by atoms with Crippen molar-refractivity contribution in [1.29, 1.82) is 0 Å². The molecule has 0 aliphatic rings. The van der Waals surface area contributed by atoms with E-state index in [0.29, 0.717) is 12.5 Å². The van der Waals surface area contributed by atoms with E-state index in [1.54, 1.807) is 13.8 Å². The lowest BCUT2D eigenvalue weighted by Crippen LogP contribution is -2.24. The number of halogens is 6. The number of nitrogens with two attached hydrogens (primary N) is 1. The summed E-state index contributed by atoms with van der Waals surface area (Å²) in [6.45, 7) is 3.36. The van der Waals surface area contributed by atoms with E-state index in [9.17, 15) is 26.3 Å². The third-order valence-corrected chi connectivity index (χ3v) is 3.59. The van der Waals surface area contributed by atoms with Crippen LogP contribution in [0.2, 0.25) is 0 Å². The number of rotatable bonds is 4. The van der Waals surface area contributed by atoms with E-state index < -0.39 is 40.8 Å². The fourth-order valence-electron chi connectivity index (χ4n) is 2.08. The molecule has 0 radical (unpaired) electrons. The molecule has 0 fully saturated rings. The van der Waals surface area contributed by atoms with Gasteiger partial charge >= 0.3 is 12.4 Å². The van der Waals surface area contributed by atoms with E-state index in [-0.39, 0.29) is 12.0 Å². The Kier molecular flexibility index (Phi) is 5.38. The van der Waals surface area contributed by atoms with Gasteiger partial charge in [0.2, 0.25) is 0 Å². The Bertz CT molecular complexity index is 523. The van der Waals surface area contributed by atoms with Crippen LogP contribution in [-0.2, 0) is 12.4 Å². The van der Waals surface area contributed by atoms with Crippen LogP contribution in [0.25, 0.3) is 0 Å². The second-order valence-electron chi connectivity index (χ2n) is 5.05. The Morgan fingerprint density at radius 3 is 2.00 bits per heavy atom. The molecule has 1 unspecified atom stereocenters. The molecule has 1 aromatic carbocycles. The van der Waals surface area contributed by atoms with Crippen molar-refractivity contribution in [3.8, 4) is 5.75 Å². The summed E-state index contributed by atoms with van der Waals surface area (Å²) in [4.78, 5) is 0. The smallest absolute Gasteiger partial charge is 0.416 e. The van der Waals surface area contributed by atoms with E-state index in [0.717, 1.165) is 7.11 Å². The first-order valence-corrected chi connectivity index (χ1v) is 6.55. The largest absolute Gasteiger partial charge is 0.496 e. The number of alkyl halides is 6. The minimum Gasteiger partial charge on any atom is -0.496 e. The van der Waals surface area contributed by atoms with Crippen LogP contribution >= 0.6 is 0 Å². The molecule has 0 bridgehead atoms. The number of ether oxygens (including phenoxy) is 1. The molecule has 0 aromatic heterocycles. The average molecular weight is 329 g/mol. The highest BCUT2D eigenvalue weighted by Crippen LogP contribution is 2.44. The van der Waals surface area contributed by atoms with Crippen LogP contribution in [0.4, 0.5) is 26.3 Å². The standard InChI is InChI=1S/C14H17F6NO/c1-4-7(2)12(21)11-9(14(18,19)20)5-8(13(15,16)17)6-10(11)22-3/h5-7,12H,4,21H2,1-3H3/t7?,12-/m0/s1. The molecule has 2 nitrogen and oxygen atoms in total. The summed E-state index contributed by atoms with van der Waals surface area (Å²) in [5, 5.41) is 0.